The van der Waals surface area contributed by atoms with E-state index >= 15 is 0 Å². The number of hydrogen-bond donors (Lipinski definition) is 1. The van der Waals surface area contributed by atoms with Gasteiger partial charge in [-0.05, 0) is 42.0 Å². The van der Waals surface area contributed by atoms with Gasteiger partial charge in [0.2, 0.25) is 0 Å². The SMILES string of the molecule is COc1ccc(C(=O)N2CC[NH+](Cc3ccc4c(c3)CCO4)CC2)cc1F. The Morgan fingerprint density at radius 2 is 2.04 bits per heavy atom. The predicted octanol–water partition coefficient (Wildman–Crippen LogP) is 1.31. The molecule has 142 valence electrons. The number of nitrogens with zero attached hydrogens (tertiary/aromatic N) is 1. The van der Waals surface area contributed by atoms with Gasteiger partial charge in [0.25, 0.3) is 5.91 Å². The van der Waals surface area contributed by atoms with Crippen LogP contribution in [0.3, 0.4) is 0 Å². The smallest absolute Gasteiger partial charge is 0.254 e. The molecule has 6 heteroatoms. The zero-order valence-corrected chi connectivity index (χ0v) is 15.5. The number of hydrogen-bond acceptors (Lipinski definition) is 3. The molecule has 0 atom stereocenters. The Balaban J connectivity index is 1.34. The summed E-state index contributed by atoms with van der Waals surface area (Å²) >= 11 is 0. The number of halogens is 1. The second-order valence-electron chi connectivity index (χ2n) is 7.11. The third kappa shape index (κ3) is 3.76. The van der Waals surface area contributed by atoms with E-state index in [1.54, 1.807) is 11.0 Å². The van der Waals surface area contributed by atoms with E-state index in [0.29, 0.717) is 18.7 Å². The topological polar surface area (TPSA) is 43.2 Å². The minimum atomic E-state index is -0.506. The number of quaternary nitrogens is 1. The normalized spacial score (nSPS) is 16.7. The van der Waals surface area contributed by atoms with Gasteiger partial charge in [-0.1, -0.05) is 0 Å². The molecule has 1 saturated heterocycles. The number of carbonyl (C=O) groups excluding carboxylic acids is 1. The van der Waals surface area contributed by atoms with Gasteiger partial charge in [-0.3, -0.25) is 4.79 Å². The van der Waals surface area contributed by atoms with Crippen molar-refractivity contribution in [2.24, 2.45) is 0 Å². The molecule has 2 heterocycles. The fourth-order valence-electron chi connectivity index (χ4n) is 3.82. The molecule has 27 heavy (non-hydrogen) atoms. The van der Waals surface area contributed by atoms with Crippen molar-refractivity contribution in [3.63, 3.8) is 0 Å². The molecule has 0 aromatic heterocycles. The van der Waals surface area contributed by atoms with E-state index in [-0.39, 0.29) is 11.7 Å². The highest BCUT2D eigenvalue weighted by Gasteiger charge is 2.25. The predicted molar refractivity (Wildman–Crippen MR) is 98.9 cm³/mol. The molecule has 5 nitrogen and oxygen atoms in total. The lowest BCUT2D eigenvalue weighted by Crippen LogP contribution is -3.13. The maximum atomic E-state index is 13.9. The summed E-state index contributed by atoms with van der Waals surface area (Å²) in [5.74, 6) is 0.537. The van der Waals surface area contributed by atoms with Crippen molar-refractivity contribution >= 4 is 5.91 Å². The average molecular weight is 371 g/mol. The van der Waals surface area contributed by atoms with E-state index in [1.165, 1.54) is 35.3 Å². The van der Waals surface area contributed by atoms with Crippen LogP contribution in [0.15, 0.2) is 36.4 Å². The maximum absolute atomic E-state index is 13.9. The summed E-state index contributed by atoms with van der Waals surface area (Å²) in [6.07, 6.45) is 0.985. The quantitative estimate of drug-likeness (QED) is 0.881. The van der Waals surface area contributed by atoms with Crippen LogP contribution in [0.2, 0.25) is 0 Å². The Kier molecular flexibility index (Phi) is 4.99. The summed E-state index contributed by atoms with van der Waals surface area (Å²) in [5.41, 5.74) is 2.98. The minimum absolute atomic E-state index is 0.120. The molecule has 0 spiro atoms. The number of ether oxygens (including phenoxy) is 2. The Morgan fingerprint density at radius 3 is 2.78 bits per heavy atom. The third-order valence-corrected chi connectivity index (χ3v) is 5.36. The average Bonchev–Trinajstić information content (AvgIpc) is 3.16. The van der Waals surface area contributed by atoms with Crippen molar-refractivity contribution in [1.29, 1.82) is 0 Å². The summed E-state index contributed by atoms with van der Waals surface area (Å²) in [6.45, 7) is 4.85. The lowest BCUT2D eigenvalue weighted by atomic mass is 10.1. The van der Waals surface area contributed by atoms with Crippen LogP contribution in [0, 0.1) is 5.82 Å². The number of nitrogens with one attached hydrogen (secondary N) is 1. The molecule has 1 N–H and O–H groups in total. The van der Waals surface area contributed by atoms with Crippen LogP contribution in [-0.4, -0.2) is 50.7 Å². The fraction of sp³-hybridized carbons (Fsp3) is 0.381. The first-order valence-corrected chi connectivity index (χ1v) is 9.35. The zero-order chi connectivity index (χ0) is 18.8. The van der Waals surface area contributed by atoms with Gasteiger partial charge in [-0.15, -0.1) is 0 Å². The molecular formula is C21H24FN2O3+. The second-order valence-corrected chi connectivity index (χ2v) is 7.11. The van der Waals surface area contributed by atoms with Crippen LogP contribution in [-0.2, 0) is 13.0 Å². The number of amides is 1. The summed E-state index contributed by atoms with van der Waals surface area (Å²) in [5, 5.41) is 0. The highest BCUT2D eigenvalue weighted by Crippen LogP contribution is 2.25. The van der Waals surface area contributed by atoms with Gasteiger partial charge in [0.05, 0.1) is 39.9 Å². The molecule has 0 aliphatic carbocycles. The first-order chi connectivity index (χ1) is 13.1. The van der Waals surface area contributed by atoms with Crippen LogP contribution in [0.25, 0.3) is 0 Å². The van der Waals surface area contributed by atoms with Gasteiger partial charge in [0, 0.05) is 17.5 Å². The van der Waals surface area contributed by atoms with Gasteiger partial charge < -0.3 is 19.3 Å². The molecule has 2 aliphatic heterocycles. The molecule has 0 unspecified atom stereocenters. The van der Waals surface area contributed by atoms with Gasteiger partial charge in [-0.25, -0.2) is 4.39 Å². The maximum Gasteiger partial charge on any atom is 0.254 e. The summed E-state index contributed by atoms with van der Waals surface area (Å²) in [6, 6.07) is 10.8. The van der Waals surface area contributed by atoms with Crippen molar-refractivity contribution in [2.75, 3.05) is 39.9 Å². The molecule has 1 amide bonds. The van der Waals surface area contributed by atoms with Crippen molar-refractivity contribution in [1.82, 2.24) is 4.90 Å². The summed E-state index contributed by atoms with van der Waals surface area (Å²) in [7, 11) is 1.41. The summed E-state index contributed by atoms with van der Waals surface area (Å²) in [4.78, 5) is 15.9. The Labute approximate surface area is 158 Å². The molecule has 1 fully saturated rings. The zero-order valence-electron chi connectivity index (χ0n) is 15.5. The largest absolute Gasteiger partial charge is 0.494 e. The van der Waals surface area contributed by atoms with E-state index in [0.717, 1.165) is 38.4 Å². The molecule has 2 aromatic carbocycles. The number of fused-ring (bicyclic) bond motifs is 1. The van der Waals surface area contributed by atoms with Gasteiger partial charge in [-0.2, -0.15) is 0 Å². The number of methoxy groups -OCH3 is 1. The molecule has 0 bridgehead atoms. The van der Waals surface area contributed by atoms with Crippen LogP contribution >= 0.6 is 0 Å². The van der Waals surface area contributed by atoms with Gasteiger partial charge >= 0.3 is 0 Å². The van der Waals surface area contributed by atoms with E-state index in [9.17, 15) is 9.18 Å². The second kappa shape index (κ2) is 7.56. The number of benzene rings is 2. The molecule has 4 rings (SSSR count). The highest BCUT2D eigenvalue weighted by atomic mass is 19.1. The Bertz CT molecular complexity index is 847. The van der Waals surface area contributed by atoms with E-state index in [4.69, 9.17) is 9.47 Å². The Hall–Kier alpha value is -2.60. The number of carbonyl (C=O) groups is 1. The van der Waals surface area contributed by atoms with Crippen molar-refractivity contribution in [2.45, 2.75) is 13.0 Å². The molecular weight excluding hydrogens is 347 g/mol. The van der Waals surface area contributed by atoms with Crippen molar-refractivity contribution in [3.05, 3.63) is 58.9 Å². The van der Waals surface area contributed by atoms with Crippen LogP contribution in [0.5, 0.6) is 11.5 Å². The van der Waals surface area contributed by atoms with E-state index < -0.39 is 5.82 Å². The molecule has 2 aromatic rings. The minimum Gasteiger partial charge on any atom is -0.494 e. The lowest BCUT2D eigenvalue weighted by Gasteiger charge is -2.32. The summed E-state index contributed by atoms with van der Waals surface area (Å²) < 4.78 is 24.3. The standard InChI is InChI=1S/C21H23FN2O3/c1-26-20-5-3-17(13-18(20)22)21(25)24-9-7-23(8-10-24)14-15-2-4-19-16(12-15)6-11-27-19/h2-5,12-13H,6-11,14H2,1H3/p+1. The third-order valence-electron chi connectivity index (χ3n) is 5.36. The van der Waals surface area contributed by atoms with E-state index in [2.05, 4.69) is 18.2 Å². The monoisotopic (exact) mass is 371 g/mol. The van der Waals surface area contributed by atoms with Crippen molar-refractivity contribution < 1.29 is 23.6 Å². The molecule has 2 aliphatic rings. The van der Waals surface area contributed by atoms with Gasteiger partial charge in [0.1, 0.15) is 12.3 Å². The highest BCUT2D eigenvalue weighted by molar-refractivity contribution is 5.94. The fourth-order valence-corrected chi connectivity index (χ4v) is 3.82. The lowest BCUT2D eigenvalue weighted by molar-refractivity contribution is -0.917. The number of piperazine rings is 1. The first-order valence-electron chi connectivity index (χ1n) is 9.35. The van der Waals surface area contributed by atoms with Gasteiger partial charge in [0.15, 0.2) is 11.6 Å². The Morgan fingerprint density at radius 1 is 1.22 bits per heavy atom. The molecule has 0 saturated carbocycles. The number of rotatable bonds is 4. The first kappa shape index (κ1) is 17.8. The van der Waals surface area contributed by atoms with Crippen LogP contribution in [0.1, 0.15) is 21.5 Å². The van der Waals surface area contributed by atoms with Crippen LogP contribution in [0.4, 0.5) is 4.39 Å². The van der Waals surface area contributed by atoms with Crippen LogP contribution < -0.4 is 14.4 Å². The van der Waals surface area contributed by atoms with Crippen molar-refractivity contribution in [3.8, 4) is 11.5 Å². The molecule has 0 radical (unpaired) electrons. The van der Waals surface area contributed by atoms with E-state index in [1.807, 2.05) is 0 Å².